The molecule has 27 heavy (non-hydrogen) atoms. The second kappa shape index (κ2) is 10.3. The Morgan fingerprint density at radius 1 is 1.30 bits per heavy atom. The zero-order valence-electron chi connectivity index (χ0n) is 15.6. The summed E-state index contributed by atoms with van der Waals surface area (Å²) < 4.78 is 7.28. The lowest BCUT2D eigenvalue weighted by molar-refractivity contribution is 0.0955. The number of pyridine rings is 1. The van der Waals surface area contributed by atoms with E-state index in [-0.39, 0.29) is 36.8 Å². The van der Waals surface area contributed by atoms with Crippen LogP contribution >= 0.6 is 24.8 Å². The van der Waals surface area contributed by atoms with E-state index >= 15 is 0 Å². The number of halogens is 2. The molecule has 0 saturated carbocycles. The van der Waals surface area contributed by atoms with E-state index in [0.29, 0.717) is 29.2 Å². The predicted octanol–water partition coefficient (Wildman–Crippen LogP) is 3.46. The lowest BCUT2D eigenvalue weighted by Crippen LogP contribution is -2.26. The fourth-order valence-corrected chi connectivity index (χ4v) is 2.70. The first kappa shape index (κ1) is 23.0. The zero-order chi connectivity index (χ0) is 17.8. The van der Waals surface area contributed by atoms with Gasteiger partial charge in [0.25, 0.3) is 5.91 Å². The molecule has 0 fully saturated rings. The van der Waals surface area contributed by atoms with Gasteiger partial charge < -0.3 is 15.1 Å². The van der Waals surface area contributed by atoms with Crippen LogP contribution in [0.3, 0.4) is 0 Å². The maximum Gasteiger partial charge on any atom is 0.252 e. The molecule has 0 aliphatic carbocycles. The van der Waals surface area contributed by atoms with Gasteiger partial charge in [0, 0.05) is 12.6 Å². The molecule has 0 aliphatic heterocycles. The third-order valence-electron chi connectivity index (χ3n) is 3.96. The lowest BCUT2D eigenvalue weighted by Gasteiger charge is -2.10. The van der Waals surface area contributed by atoms with Crippen molar-refractivity contribution in [3.8, 4) is 11.5 Å². The first-order valence-electron chi connectivity index (χ1n) is 8.46. The van der Waals surface area contributed by atoms with Crippen LogP contribution in [0, 0.1) is 0 Å². The Morgan fingerprint density at radius 3 is 2.70 bits per heavy atom. The van der Waals surface area contributed by atoms with Crippen LogP contribution in [0.5, 0.6) is 0 Å². The molecule has 7 nitrogen and oxygen atoms in total. The number of amides is 1. The molecule has 0 atom stereocenters. The van der Waals surface area contributed by atoms with Crippen LogP contribution in [0.2, 0.25) is 0 Å². The monoisotopic (exact) mass is 413 g/mol. The summed E-state index contributed by atoms with van der Waals surface area (Å²) in [6.45, 7) is 5.53. The average Bonchev–Trinajstić information content (AvgIpc) is 3.26. The Hall–Kier alpha value is -2.09. The molecule has 0 bridgehead atoms. The Balaban J connectivity index is 0.00000182. The third kappa shape index (κ3) is 5.00. The Bertz CT molecular complexity index is 862. The summed E-state index contributed by atoms with van der Waals surface area (Å²) in [5.74, 6) is 0.502. The van der Waals surface area contributed by atoms with Crippen molar-refractivity contribution in [1.29, 1.82) is 0 Å². The molecule has 1 amide bonds. The SMILES string of the molecule is CNCCCNC(=O)c1cc(-c2ccco2)nc2c1cnn2C(C)C.Cl.Cl. The number of fused-ring (bicyclic) bond motifs is 1. The van der Waals surface area contributed by atoms with E-state index < -0.39 is 0 Å². The van der Waals surface area contributed by atoms with Crippen molar-refractivity contribution in [3.63, 3.8) is 0 Å². The summed E-state index contributed by atoms with van der Waals surface area (Å²) in [6, 6.07) is 5.54. The number of carbonyl (C=O) groups excluding carboxylic acids is 1. The largest absolute Gasteiger partial charge is 0.463 e. The van der Waals surface area contributed by atoms with Gasteiger partial charge in [-0.25, -0.2) is 9.67 Å². The lowest BCUT2D eigenvalue weighted by atomic mass is 10.1. The van der Waals surface area contributed by atoms with E-state index in [4.69, 9.17) is 4.42 Å². The predicted molar refractivity (Wildman–Crippen MR) is 111 cm³/mol. The third-order valence-corrected chi connectivity index (χ3v) is 3.96. The number of hydrogen-bond donors (Lipinski definition) is 2. The maximum atomic E-state index is 12.7. The van der Waals surface area contributed by atoms with Crippen molar-refractivity contribution < 1.29 is 9.21 Å². The minimum Gasteiger partial charge on any atom is -0.463 e. The standard InChI is InChI=1S/C18H23N5O2.2ClH/c1-12(2)23-17-14(11-21-23)13(18(24)20-8-5-7-19-3)10-15(22-17)16-6-4-9-25-16;;/h4,6,9-12,19H,5,7-8H2,1-3H3,(H,20,24);2*1H. The number of hydrogen-bond acceptors (Lipinski definition) is 5. The van der Waals surface area contributed by atoms with Crippen molar-refractivity contribution in [2.24, 2.45) is 0 Å². The highest BCUT2D eigenvalue weighted by Crippen LogP contribution is 2.26. The Morgan fingerprint density at radius 2 is 2.07 bits per heavy atom. The van der Waals surface area contributed by atoms with Gasteiger partial charge in [0.15, 0.2) is 11.4 Å². The molecule has 3 aromatic heterocycles. The number of aromatic nitrogens is 3. The zero-order valence-corrected chi connectivity index (χ0v) is 17.2. The van der Waals surface area contributed by atoms with Crippen molar-refractivity contribution in [2.45, 2.75) is 26.3 Å². The summed E-state index contributed by atoms with van der Waals surface area (Å²) in [5.41, 5.74) is 1.87. The van der Waals surface area contributed by atoms with Crippen molar-refractivity contribution in [1.82, 2.24) is 25.4 Å². The second-order valence-corrected chi connectivity index (χ2v) is 6.17. The van der Waals surface area contributed by atoms with E-state index in [1.807, 2.05) is 31.6 Å². The molecule has 0 aliphatic rings. The van der Waals surface area contributed by atoms with Gasteiger partial charge in [0.1, 0.15) is 5.69 Å². The highest BCUT2D eigenvalue weighted by Gasteiger charge is 2.19. The minimum absolute atomic E-state index is 0. The van der Waals surface area contributed by atoms with Crippen molar-refractivity contribution in [3.05, 3.63) is 36.2 Å². The van der Waals surface area contributed by atoms with Gasteiger partial charge in [-0.2, -0.15) is 5.10 Å². The fraction of sp³-hybridized carbons (Fsp3) is 0.389. The van der Waals surface area contributed by atoms with E-state index in [0.717, 1.165) is 18.4 Å². The van der Waals surface area contributed by atoms with Crippen LogP contribution < -0.4 is 10.6 Å². The van der Waals surface area contributed by atoms with Crippen LogP contribution in [0.15, 0.2) is 35.1 Å². The number of rotatable bonds is 7. The first-order chi connectivity index (χ1) is 12.1. The molecule has 0 spiro atoms. The van der Waals surface area contributed by atoms with Crippen molar-refractivity contribution >= 4 is 41.8 Å². The number of nitrogens with zero attached hydrogens (tertiary/aromatic N) is 3. The van der Waals surface area contributed by atoms with Gasteiger partial charge in [-0.1, -0.05) is 0 Å². The van der Waals surface area contributed by atoms with Crippen LogP contribution in [0.25, 0.3) is 22.5 Å². The van der Waals surface area contributed by atoms with Gasteiger partial charge in [0.05, 0.1) is 23.4 Å². The van der Waals surface area contributed by atoms with Crippen LogP contribution in [0.4, 0.5) is 0 Å². The number of furan rings is 1. The molecule has 3 heterocycles. The molecule has 3 aromatic rings. The van der Waals surface area contributed by atoms with Crippen molar-refractivity contribution in [2.75, 3.05) is 20.1 Å². The van der Waals surface area contributed by atoms with Gasteiger partial charge in [-0.3, -0.25) is 4.79 Å². The van der Waals surface area contributed by atoms with Crippen LogP contribution in [-0.4, -0.2) is 40.8 Å². The average molecular weight is 414 g/mol. The molecule has 0 unspecified atom stereocenters. The molecule has 2 N–H and O–H groups in total. The second-order valence-electron chi connectivity index (χ2n) is 6.17. The van der Waals surface area contributed by atoms with Crippen LogP contribution in [0.1, 0.15) is 36.7 Å². The van der Waals surface area contributed by atoms with Gasteiger partial charge in [-0.05, 0) is 52.1 Å². The molecule has 0 radical (unpaired) electrons. The topological polar surface area (TPSA) is 85.0 Å². The first-order valence-corrected chi connectivity index (χ1v) is 8.46. The highest BCUT2D eigenvalue weighted by molar-refractivity contribution is 6.06. The fourth-order valence-electron chi connectivity index (χ4n) is 2.70. The van der Waals surface area contributed by atoms with Gasteiger partial charge in [-0.15, -0.1) is 24.8 Å². The smallest absolute Gasteiger partial charge is 0.252 e. The molecule has 148 valence electrons. The number of carbonyl (C=O) groups is 1. The molecule has 0 aromatic carbocycles. The molecular weight excluding hydrogens is 389 g/mol. The summed E-state index contributed by atoms with van der Waals surface area (Å²) in [5, 5.41) is 11.2. The summed E-state index contributed by atoms with van der Waals surface area (Å²) >= 11 is 0. The number of nitrogens with one attached hydrogen (secondary N) is 2. The molecule has 9 heteroatoms. The Kier molecular flexibility index (Phi) is 8.75. The normalized spacial score (nSPS) is 10.5. The van der Waals surface area contributed by atoms with Crippen LogP contribution in [-0.2, 0) is 0 Å². The summed E-state index contributed by atoms with van der Waals surface area (Å²) in [4.78, 5) is 17.4. The summed E-state index contributed by atoms with van der Waals surface area (Å²) in [7, 11) is 1.89. The van der Waals surface area contributed by atoms with E-state index in [1.165, 1.54) is 0 Å². The van der Waals surface area contributed by atoms with Gasteiger partial charge in [0.2, 0.25) is 0 Å². The van der Waals surface area contributed by atoms with E-state index in [2.05, 4.69) is 20.7 Å². The Labute approximate surface area is 170 Å². The summed E-state index contributed by atoms with van der Waals surface area (Å²) in [6.07, 6.45) is 4.17. The highest BCUT2D eigenvalue weighted by atomic mass is 35.5. The quantitative estimate of drug-likeness (QED) is 0.579. The van der Waals surface area contributed by atoms with E-state index in [9.17, 15) is 4.79 Å². The molecule has 0 saturated heterocycles. The van der Waals surface area contributed by atoms with E-state index in [1.54, 1.807) is 24.6 Å². The maximum absolute atomic E-state index is 12.7. The van der Waals surface area contributed by atoms with Gasteiger partial charge >= 0.3 is 0 Å². The minimum atomic E-state index is -0.125. The molecular formula is C18H25Cl2N5O2. The molecule has 3 rings (SSSR count).